The topological polar surface area (TPSA) is 83.7 Å². The number of carbonyl (C=O) groups excluding carboxylic acids is 1. The van der Waals surface area contributed by atoms with Gasteiger partial charge >= 0.3 is 0 Å². The molecular formula is C16H15N3O3S. The molecule has 1 aromatic carbocycles. The minimum absolute atomic E-state index is 0.00318. The molecule has 0 atom stereocenters. The largest absolute Gasteiger partial charge is 0.396 e. The average molecular weight is 329 g/mol. The molecule has 1 amide bonds. The van der Waals surface area contributed by atoms with Crippen LogP contribution in [0.2, 0.25) is 0 Å². The quantitative estimate of drug-likeness (QED) is 0.765. The van der Waals surface area contributed by atoms with Gasteiger partial charge in [0.05, 0.1) is 0 Å². The lowest BCUT2D eigenvalue weighted by Crippen LogP contribution is -2.26. The Kier molecular flexibility index (Phi) is 4.22. The van der Waals surface area contributed by atoms with E-state index in [0.717, 1.165) is 11.3 Å². The van der Waals surface area contributed by atoms with Crippen molar-refractivity contribution in [1.82, 2.24) is 9.38 Å². The molecule has 3 aromatic rings. The van der Waals surface area contributed by atoms with Crippen molar-refractivity contribution in [2.75, 3.05) is 11.9 Å². The van der Waals surface area contributed by atoms with Crippen LogP contribution in [0.3, 0.4) is 0 Å². The van der Waals surface area contributed by atoms with Gasteiger partial charge in [-0.2, -0.15) is 0 Å². The van der Waals surface area contributed by atoms with Gasteiger partial charge in [-0.1, -0.05) is 12.1 Å². The lowest BCUT2D eigenvalue weighted by atomic mass is 10.1. The Morgan fingerprint density at radius 1 is 1.35 bits per heavy atom. The third-order valence-electron chi connectivity index (χ3n) is 3.47. The summed E-state index contributed by atoms with van der Waals surface area (Å²) in [6, 6.07) is 7.12. The number of hydrogen-bond donors (Lipinski definition) is 2. The van der Waals surface area contributed by atoms with Crippen molar-refractivity contribution < 1.29 is 9.90 Å². The van der Waals surface area contributed by atoms with Gasteiger partial charge in [0.15, 0.2) is 4.96 Å². The summed E-state index contributed by atoms with van der Waals surface area (Å²) >= 11 is 1.36. The molecule has 2 aromatic heterocycles. The number of nitrogens with one attached hydrogen (secondary N) is 1. The zero-order chi connectivity index (χ0) is 16.4. The van der Waals surface area contributed by atoms with Crippen molar-refractivity contribution in [3.05, 3.63) is 63.0 Å². The highest BCUT2D eigenvalue weighted by atomic mass is 32.1. The number of anilines is 1. The molecule has 0 bridgehead atoms. The molecule has 6 nitrogen and oxygen atoms in total. The Hall–Kier alpha value is -2.51. The van der Waals surface area contributed by atoms with Crippen molar-refractivity contribution in [3.8, 4) is 0 Å². The summed E-state index contributed by atoms with van der Waals surface area (Å²) in [5.41, 5.74) is 1.95. The second-order valence-electron chi connectivity index (χ2n) is 5.10. The van der Waals surface area contributed by atoms with Crippen molar-refractivity contribution >= 4 is 27.9 Å². The van der Waals surface area contributed by atoms with Crippen LogP contribution >= 0.6 is 11.3 Å². The predicted octanol–water partition coefficient (Wildman–Crippen LogP) is 1.85. The Morgan fingerprint density at radius 3 is 2.78 bits per heavy atom. The van der Waals surface area contributed by atoms with Crippen LogP contribution in [-0.4, -0.2) is 27.0 Å². The molecule has 0 aliphatic carbocycles. The molecule has 7 heteroatoms. The number of hydrogen-bond acceptors (Lipinski definition) is 5. The molecule has 0 aliphatic rings. The van der Waals surface area contributed by atoms with Gasteiger partial charge < -0.3 is 10.4 Å². The maximum atomic E-state index is 12.4. The van der Waals surface area contributed by atoms with E-state index in [2.05, 4.69) is 10.3 Å². The van der Waals surface area contributed by atoms with Crippen LogP contribution in [-0.2, 0) is 6.42 Å². The van der Waals surface area contributed by atoms with Crippen LogP contribution < -0.4 is 10.9 Å². The van der Waals surface area contributed by atoms with Gasteiger partial charge in [-0.25, -0.2) is 4.98 Å². The summed E-state index contributed by atoms with van der Waals surface area (Å²) in [7, 11) is 0. The number of fused-ring (bicyclic) bond motifs is 1. The summed E-state index contributed by atoms with van der Waals surface area (Å²) < 4.78 is 1.43. The van der Waals surface area contributed by atoms with Crippen molar-refractivity contribution in [1.29, 1.82) is 0 Å². The van der Waals surface area contributed by atoms with E-state index >= 15 is 0 Å². The molecule has 0 aliphatic heterocycles. The number of aliphatic hydroxyl groups is 1. The van der Waals surface area contributed by atoms with Crippen LogP contribution in [0.5, 0.6) is 0 Å². The molecule has 0 saturated carbocycles. The van der Waals surface area contributed by atoms with Gasteiger partial charge in [0.25, 0.3) is 11.5 Å². The number of aryl methyl sites for hydroxylation is 1. The van der Waals surface area contributed by atoms with Crippen molar-refractivity contribution in [3.63, 3.8) is 0 Å². The molecule has 0 spiro atoms. The SMILES string of the molecule is Cc1csc2ncc(C(=O)Nc3ccc(CCO)cc3)c(=O)n12. The predicted molar refractivity (Wildman–Crippen MR) is 89.3 cm³/mol. The average Bonchev–Trinajstić information content (AvgIpc) is 2.92. The fourth-order valence-corrected chi connectivity index (χ4v) is 3.09. The number of amides is 1. The normalized spacial score (nSPS) is 10.9. The number of carbonyl (C=O) groups is 1. The Bertz CT molecular complexity index is 912. The standard InChI is InChI=1S/C16H15N3O3S/c1-10-9-23-16-17-8-13(15(22)19(10)16)14(21)18-12-4-2-11(3-5-12)6-7-20/h2-5,8-9,20H,6-7H2,1H3,(H,18,21). The van der Waals surface area contributed by atoms with E-state index in [-0.39, 0.29) is 17.7 Å². The van der Waals surface area contributed by atoms with Gasteiger partial charge in [-0.05, 0) is 31.0 Å². The van der Waals surface area contributed by atoms with Gasteiger partial charge in [0, 0.05) is 29.6 Å². The number of aliphatic hydroxyl groups excluding tert-OH is 1. The molecule has 0 radical (unpaired) electrons. The monoisotopic (exact) mass is 329 g/mol. The fourth-order valence-electron chi connectivity index (χ4n) is 2.26. The van der Waals surface area contributed by atoms with Crippen LogP contribution in [0.4, 0.5) is 5.69 Å². The number of rotatable bonds is 4. The van der Waals surface area contributed by atoms with Crippen LogP contribution in [0, 0.1) is 6.92 Å². The maximum Gasteiger partial charge on any atom is 0.271 e. The highest BCUT2D eigenvalue weighted by Crippen LogP contribution is 2.13. The second-order valence-corrected chi connectivity index (χ2v) is 5.93. The van der Waals surface area contributed by atoms with Crippen LogP contribution in [0.1, 0.15) is 21.6 Å². The van der Waals surface area contributed by atoms with E-state index < -0.39 is 5.91 Å². The number of aromatic nitrogens is 2. The lowest BCUT2D eigenvalue weighted by Gasteiger charge is -2.06. The summed E-state index contributed by atoms with van der Waals surface area (Å²) in [5.74, 6) is -0.489. The highest BCUT2D eigenvalue weighted by molar-refractivity contribution is 7.15. The molecule has 0 unspecified atom stereocenters. The zero-order valence-electron chi connectivity index (χ0n) is 12.4. The minimum Gasteiger partial charge on any atom is -0.396 e. The zero-order valence-corrected chi connectivity index (χ0v) is 13.3. The Balaban J connectivity index is 1.87. The summed E-state index contributed by atoms with van der Waals surface area (Å²) in [4.78, 5) is 29.5. The molecule has 118 valence electrons. The van der Waals surface area contributed by atoms with Gasteiger partial charge in [0.1, 0.15) is 5.56 Å². The van der Waals surface area contributed by atoms with Gasteiger partial charge in [-0.3, -0.25) is 14.0 Å². The van der Waals surface area contributed by atoms with E-state index in [4.69, 9.17) is 5.11 Å². The van der Waals surface area contributed by atoms with E-state index in [0.29, 0.717) is 17.1 Å². The van der Waals surface area contributed by atoms with E-state index in [9.17, 15) is 9.59 Å². The molecule has 0 saturated heterocycles. The first-order valence-corrected chi connectivity index (χ1v) is 7.95. The summed E-state index contributed by atoms with van der Waals surface area (Å²) in [6.07, 6.45) is 1.87. The summed E-state index contributed by atoms with van der Waals surface area (Å²) in [6.45, 7) is 1.88. The van der Waals surface area contributed by atoms with Crippen molar-refractivity contribution in [2.45, 2.75) is 13.3 Å². The lowest BCUT2D eigenvalue weighted by molar-refractivity contribution is 0.102. The third kappa shape index (κ3) is 3.01. The molecule has 2 N–H and O–H groups in total. The van der Waals surface area contributed by atoms with E-state index in [1.165, 1.54) is 21.9 Å². The highest BCUT2D eigenvalue weighted by Gasteiger charge is 2.15. The third-order valence-corrected chi connectivity index (χ3v) is 4.43. The van der Waals surface area contributed by atoms with Gasteiger partial charge in [0.2, 0.25) is 0 Å². The summed E-state index contributed by atoms with van der Waals surface area (Å²) in [5, 5.41) is 13.4. The molecule has 0 fully saturated rings. The smallest absolute Gasteiger partial charge is 0.271 e. The Morgan fingerprint density at radius 2 is 2.09 bits per heavy atom. The minimum atomic E-state index is -0.489. The number of nitrogens with zero attached hydrogens (tertiary/aromatic N) is 2. The van der Waals surface area contributed by atoms with Crippen LogP contribution in [0.15, 0.2) is 40.6 Å². The van der Waals surface area contributed by atoms with E-state index in [1.807, 2.05) is 17.5 Å². The Labute approximate surface area is 136 Å². The molecule has 2 heterocycles. The number of thiazole rings is 1. The first kappa shape index (κ1) is 15.4. The molecular weight excluding hydrogens is 314 g/mol. The van der Waals surface area contributed by atoms with Crippen LogP contribution in [0.25, 0.3) is 4.96 Å². The van der Waals surface area contributed by atoms with Gasteiger partial charge in [-0.15, -0.1) is 11.3 Å². The maximum absolute atomic E-state index is 12.4. The fraction of sp³-hybridized carbons (Fsp3) is 0.188. The van der Waals surface area contributed by atoms with E-state index in [1.54, 1.807) is 19.1 Å². The number of benzene rings is 1. The first-order chi connectivity index (χ1) is 11.1. The second kappa shape index (κ2) is 6.31. The molecule has 3 rings (SSSR count). The first-order valence-electron chi connectivity index (χ1n) is 7.07. The molecule has 23 heavy (non-hydrogen) atoms. The van der Waals surface area contributed by atoms with Crippen molar-refractivity contribution in [2.24, 2.45) is 0 Å².